The molecule has 27 heavy (non-hydrogen) atoms. The standard InChI is InChI=1S/C20H27N3O3.ClH/c1-13-8-9-21-11-19(13)22-20(24)10-16-4-6-17(7-5-16)25-12-18-14(2)23-26-15(18)3;/h4-7,13,19,21H,8-12H2,1-3H3,(H,22,24);1H. The molecule has 2 unspecified atom stereocenters. The summed E-state index contributed by atoms with van der Waals surface area (Å²) in [7, 11) is 0. The van der Waals surface area contributed by atoms with Crippen LogP contribution in [0.5, 0.6) is 5.75 Å². The fraction of sp³-hybridized carbons (Fsp3) is 0.500. The average Bonchev–Trinajstić information content (AvgIpc) is 2.94. The molecule has 1 aliphatic rings. The third-order valence-corrected chi connectivity index (χ3v) is 5.03. The van der Waals surface area contributed by atoms with Gasteiger partial charge >= 0.3 is 0 Å². The maximum atomic E-state index is 12.3. The molecule has 1 aromatic heterocycles. The largest absolute Gasteiger partial charge is 0.489 e. The maximum absolute atomic E-state index is 12.3. The molecule has 1 aliphatic heterocycles. The summed E-state index contributed by atoms with van der Waals surface area (Å²) in [5.74, 6) is 2.12. The number of aromatic nitrogens is 1. The van der Waals surface area contributed by atoms with E-state index in [4.69, 9.17) is 9.26 Å². The summed E-state index contributed by atoms with van der Waals surface area (Å²) in [6.07, 6.45) is 1.48. The first-order valence-electron chi connectivity index (χ1n) is 9.16. The summed E-state index contributed by atoms with van der Waals surface area (Å²) in [5, 5.41) is 10.4. The van der Waals surface area contributed by atoms with Crippen molar-refractivity contribution in [3.8, 4) is 5.75 Å². The molecule has 1 aromatic carbocycles. The van der Waals surface area contributed by atoms with Crippen LogP contribution < -0.4 is 15.4 Å². The zero-order chi connectivity index (χ0) is 18.5. The van der Waals surface area contributed by atoms with E-state index in [1.807, 2.05) is 38.1 Å². The molecule has 2 atom stereocenters. The van der Waals surface area contributed by atoms with Crippen molar-refractivity contribution in [3.63, 3.8) is 0 Å². The van der Waals surface area contributed by atoms with Gasteiger partial charge in [0.05, 0.1) is 17.7 Å². The van der Waals surface area contributed by atoms with Gasteiger partial charge in [0.15, 0.2) is 0 Å². The van der Waals surface area contributed by atoms with E-state index in [1.165, 1.54) is 0 Å². The number of halogens is 1. The van der Waals surface area contributed by atoms with E-state index in [2.05, 4.69) is 22.7 Å². The van der Waals surface area contributed by atoms with Gasteiger partial charge in [0.25, 0.3) is 0 Å². The second-order valence-electron chi connectivity index (χ2n) is 7.06. The smallest absolute Gasteiger partial charge is 0.224 e. The van der Waals surface area contributed by atoms with Crippen LogP contribution in [0.4, 0.5) is 0 Å². The highest BCUT2D eigenvalue weighted by atomic mass is 35.5. The van der Waals surface area contributed by atoms with Crippen molar-refractivity contribution >= 4 is 18.3 Å². The van der Waals surface area contributed by atoms with Crippen LogP contribution in [0.15, 0.2) is 28.8 Å². The molecule has 0 spiro atoms. The van der Waals surface area contributed by atoms with Crippen LogP contribution in [0.1, 0.15) is 35.9 Å². The van der Waals surface area contributed by atoms with Crippen LogP contribution in [0, 0.1) is 19.8 Å². The van der Waals surface area contributed by atoms with Gasteiger partial charge in [-0.1, -0.05) is 24.2 Å². The third-order valence-electron chi connectivity index (χ3n) is 5.03. The van der Waals surface area contributed by atoms with Crippen LogP contribution >= 0.6 is 12.4 Å². The molecule has 1 fully saturated rings. The predicted octanol–water partition coefficient (Wildman–Crippen LogP) is 2.95. The van der Waals surface area contributed by atoms with Gasteiger partial charge < -0.3 is 19.9 Å². The fourth-order valence-corrected chi connectivity index (χ4v) is 3.19. The molecule has 2 N–H and O–H groups in total. The van der Waals surface area contributed by atoms with Gasteiger partial charge in [-0.25, -0.2) is 0 Å². The minimum absolute atomic E-state index is 0. The summed E-state index contributed by atoms with van der Waals surface area (Å²) in [4.78, 5) is 12.3. The monoisotopic (exact) mass is 393 g/mol. The van der Waals surface area contributed by atoms with Gasteiger partial charge in [-0.3, -0.25) is 4.79 Å². The Kier molecular flexibility index (Phi) is 7.68. The number of rotatable bonds is 6. The third kappa shape index (κ3) is 5.71. The topological polar surface area (TPSA) is 76.4 Å². The van der Waals surface area contributed by atoms with Crippen LogP contribution in [0.2, 0.25) is 0 Å². The van der Waals surface area contributed by atoms with E-state index in [1.54, 1.807) is 0 Å². The number of amides is 1. The van der Waals surface area contributed by atoms with E-state index >= 15 is 0 Å². The van der Waals surface area contributed by atoms with Crippen molar-refractivity contribution in [1.29, 1.82) is 0 Å². The van der Waals surface area contributed by atoms with E-state index in [0.717, 1.165) is 47.8 Å². The number of piperidine rings is 1. The Balaban J connectivity index is 0.00000261. The molecule has 3 rings (SSSR count). The molecule has 1 saturated heterocycles. The van der Waals surface area contributed by atoms with Crippen molar-refractivity contribution in [2.24, 2.45) is 5.92 Å². The maximum Gasteiger partial charge on any atom is 0.224 e. The lowest BCUT2D eigenvalue weighted by Gasteiger charge is -2.30. The van der Waals surface area contributed by atoms with Crippen LogP contribution in [-0.2, 0) is 17.8 Å². The minimum Gasteiger partial charge on any atom is -0.489 e. The Bertz CT molecular complexity index is 726. The zero-order valence-corrected chi connectivity index (χ0v) is 16.9. The highest BCUT2D eigenvalue weighted by Crippen LogP contribution is 2.18. The molecule has 6 nitrogen and oxygen atoms in total. The molecule has 2 aromatic rings. The van der Waals surface area contributed by atoms with Crippen molar-refractivity contribution < 1.29 is 14.1 Å². The number of benzene rings is 1. The van der Waals surface area contributed by atoms with Crippen LogP contribution in [0.25, 0.3) is 0 Å². The first-order chi connectivity index (χ1) is 12.5. The van der Waals surface area contributed by atoms with Crippen molar-refractivity contribution in [1.82, 2.24) is 15.8 Å². The molecular weight excluding hydrogens is 366 g/mol. The van der Waals surface area contributed by atoms with Crippen molar-refractivity contribution in [2.45, 2.75) is 46.3 Å². The van der Waals surface area contributed by atoms with Crippen molar-refractivity contribution in [2.75, 3.05) is 13.1 Å². The lowest BCUT2D eigenvalue weighted by atomic mass is 9.94. The van der Waals surface area contributed by atoms with Gasteiger partial charge in [-0.2, -0.15) is 0 Å². The Morgan fingerprint density at radius 2 is 2.07 bits per heavy atom. The molecule has 2 heterocycles. The lowest BCUT2D eigenvalue weighted by molar-refractivity contribution is -0.121. The second-order valence-corrected chi connectivity index (χ2v) is 7.06. The summed E-state index contributed by atoms with van der Waals surface area (Å²) in [6, 6.07) is 7.88. The molecule has 7 heteroatoms. The van der Waals surface area contributed by atoms with Crippen molar-refractivity contribution in [3.05, 3.63) is 46.8 Å². The number of carbonyl (C=O) groups excluding carboxylic acids is 1. The van der Waals surface area contributed by atoms with E-state index < -0.39 is 0 Å². The molecule has 0 aliphatic carbocycles. The second kappa shape index (κ2) is 9.76. The predicted molar refractivity (Wildman–Crippen MR) is 106 cm³/mol. The van der Waals surface area contributed by atoms with Crippen LogP contribution in [-0.4, -0.2) is 30.2 Å². The molecule has 0 bridgehead atoms. The van der Waals surface area contributed by atoms with E-state index in [0.29, 0.717) is 18.9 Å². The lowest BCUT2D eigenvalue weighted by Crippen LogP contribution is -2.50. The number of nitrogens with one attached hydrogen (secondary N) is 2. The number of ether oxygens (including phenoxy) is 1. The molecule has 0 saturated carbocycles. The zero-order valence-electron chi connectivity index (χ0n) is 16.1. The number of nitrogens with zero attached hydrogens (tertiary/aromatic N) is 1. The highest BCUT2D eigenvalue weighted by Gasteiger charge is 2.22. The average molecular weight is 394 g/mol. The SMILES string of the molecule is Cc1noc(C)c1COc1ccc(CC(=O)NC2CNCCC2C)cc1.Cl. The first kappa shape index (κ1) is 21.3. The summed E-state index contributed by atoms with van der Waals surface area (Å²) in [5.41, 5.74) is 2.80. The molecule has 0 radical (unpaired) electrons. The van der Waals surface area contributed by atoms with E-state index in [9.17, 15) is 4.79 Å². The number of carbonyl (C=O) groups is 1. The van der Waals surface area contributed by atoms with Gasteiger partial charge in [0.1, 0.15) is 18.1 Å². The Hall–Kier alpha value is -2.05. The normalized spacial score (nSPS) is 19.2. The Labute approximate surface area is 166 Å². The quantitative estimate of drug-likeness (QED) is 0.789. The minimum atomic E-state index is 0. The molecular formula is C20H28ClN3O3. The molecule has 1 amide bonds. The Morgan fingerprint density at radius 3 is 2.70 bits per heavy atom. The van der Waals surface area contributed by atoms with E-state index in [-0.39, 0.29) is 24.4 Å². The molecule has 148 valence electrons. The van der Waals surface area contributed by atoms with Crippen LogP contribution in [0.3, 0.4) is 0 Å². The Morgan fingerprint density at radius 1 is 1.33 bits per heavy atom. The number of hydrogen-bond donors (Lipinski definition) is 2. The summed E-state index contributed by atoms with van der Waals surface area (Å²) < 4.78 is 10.9. The number of aryl methyl sites for hydroxylation is 2. The fourth-order valence-electron chi connectivity index (χ4n) is 3.19. The summed E-state index contributed by atoms with van der Waals surface area (Å²) >= 11 is 0. The summed E-state index contributed by atoms with van der Waals surface area (Å²) in [6.45, 7) is 8.28. The van der Waals surface area contributed by atoms with Gasteiger partial charge in [-0.15, -0.1) is 12.4 Å². The highest BCUT2D eigenvalue weighted by molar-refractivity contribution is 5.85. The van der Waals surface area contributed by atoms with Gasteiger partial charge in [0, 0.05) is 12.6 Å². The number of hydrogen-bond acceptors (Lipinski definition) is 5. The first-order valence-corrected chi connectivity index (χ1v) is 9.16. The van der Waals surface area contributed by atoms with Gasteiger partial charge in [0.2, 0.25) is 5.91 Å². The van der Waals surface area contributed by atoms with Gasteiger partial charge in [-0.05, 0) is 50.4 Å².